The van der Waals surface area contributed by atoms with Crippen LogP contribution in [0.15, 0.2) is 29.6 Å². The average Bonchev–Trinajstić information content (AvgIpc) is 2.82. The van der Waals surface area contributed by atoms with Crippen LogP contribution in [0.3, 0.4) is 0 Å². The van der Waals surface area contributed by atoms with Gasteiger partial charge in [-0.15, -0.1) is 11.3 Å². The van der Waals surface area contributed by atoms with Gasteiger partial charge in [-0.3, -0.25) is 4.79 Å². The molecular formula is C18H21NO2S. The molecule has 1 amide bonds. The van der Waals surface area contributed by atoms with E-state index in [1.54, 1.807) is 18.4 Å². The van der Waals surface area contributed by atoms with Gasteiger partial charge in [0.1, 0.15) is 5.75 Å². The number of carbonyl (C=O) groups excluding carboxylic acids is 1. The van der Waals surface area contributed by atoms with Crippen LogP contribution in [0.5, 0.6) is 5.75 Å². The van der Waals surface area contributed by atoms with Crippen LogP contribution in [0.25, 0.3) is 0 Å². The molecule has 22 heavy (non-hydrogen) atoms. The van der Waals surface area contributed by atoms with E-state index in [4.69, 9.17) is 4.74 Å². The normalized spacial score (nSPS) is 14.0. The second kappa shape index (κ2) is 6.97. The highest BCUT2D eigenvalue weighted by Gasteiger charge is 2.18. The van der Waals surface area contributed by atoms with E-state index in [9.17, 15) is 4.79 Å². The van der Waals surface area contributed by atoms with Crippen LogP contribution < -0.4 is 10.1 Å². The van der Waals surface area contributed by atoms with Gasteiger partial charge in [0, 0.05) is 16.8 Å². The SMILES string of the molecule is COc1ccc(CNC(=O)c2csc3c2CCCCC3)cc1. The Kier molecular flexibility index (Phi) is 4.78. The largest absolute Gasteiger partial charge is 0.497 e. The first-order valence-electron chi connectivity index (χ1n) is 7.78. The summed E-state index contributed by atoms with van der Waals surface area (Å²) in [5.74, 6) is 0.883. The number of hydrogen-bond acceptors (Lipinski definition) is 3. The van der Waals surface area contributed by atoms with E-state index < -0.39 is 0 Å². The number of fused-ring (bicyclic) bond motifs is 1. The number of nitrogens with one attached hydrogen (secondary N) is 1. The summed E-state index contributed by atoms with van der Waals surface area (Å²) in [4.78, 5) is 13.9. The predicted octanol–water partition coefficient (Wildman–Crippen LogP) is 3.96. The number of benzene rings is 1. The van der Waals surface area contributed by atoms with Crippen molar-refractivity contribution < 1.29 is 9.53 Å². The van der Waals surface area contributed by atoms with Crippen LogP contribution in [0.2, 0.25) is 0 Å². The van der Waals surface area contributed by atoms with E-state index >= 15 is 0 Å². The zero-order chi connectivity index (χ0) is 15.4. The molecule has 0 unspecified atom stereocenters. The van der Waals surface area contributed by atoms with Crippen LogP contribution in [-0.2, 0) is 19.4 Å². The van der Waals surface area contributed by atoms with Crippen molar-refractivity contribution in [3.8, 4) is 5.75 Å². The Hall–Kier alpha value is -1.81. The molecule has 0 saturated carbocycles. The lowest BCUT2D eigenvalue weighted by atomic mass is 10.1. The molecule has 0 spiro atoms. The highest BCUT2D eigenvalue weighted by Crippen LogP contribution is 2.29. The minimum Gasteiger partial charge on any atom is -0.497 e. The van der Waals surface area contributed by atoms with E-state index in [1.807, 2.05) is 29.6 Å². The maximum atomic E-state index is 12.5. The lowest BCUT2D eigenvalue weighted by molar-refractivity contribution is 0.0950. The van der Waals surface area contributed by atoms with Crippen molar-refractivity contribution in [2.75, 3.05) is 7.11 Å². The first-order chi connectivity index (χ1) is 10.8. The van der Waals surface area contributed by atoms with Crippen LogP contribution in [0, 0.1) is 0 Å². The Morgan fingerprint density at radius 3 is 2.73 bits per heavy atom. The average molecular weight is 315 g/mol. The highest BCUT2D eigenvalue weighted by atomic mass is 32.1. The van der Waals surface area contributed by atoms with Crippen molar-refractivity contribution >= 4 is 17.2 Å². The quantitative estimate of drug-likeness (QED) is 0.867. The summed E-state index contributed by atoms with van der Waals surface area (Å²) in [6, 6.07) is 7.79. The van der Waals surface area contributed by atoms with Crippen LogP contribution in [0.1, 0.15) is 45.6 Å². The first-order valence-corrected chi connectivity index (χ1v) is 8.66. The molecule has 1 N–H and O–H groups in total. The molecule has 3 rings (SSSR count). The molecule has 1 aromatic carbocycles. The van der Waals surface area contributed by atoms with E-state index in [-0.39, 0.29) is 5.91 Å². The van der Waals surface area contributed by atoms with Crippen LogP contribution in [-0.4, -0.2) is 13.0 Å². The zero-order valence-electron chi connectivity index (χ0n) is 12.9. The second-order valence-electron chi connectivity index (χ2n) is 5.64. The second-order valence-corrected chi connectivity index (χ2v) is 6.61. The molecule has 1 aromatic heterocycles. The van der Waals surface area contributed by atoms with E-state index in [1.165, 1.54) is 29.7 Å². The molecule has 3 nitrogen and oxygen atoms in total. The standard InChI is InChI=1S/C18H21NO2S/c1-21-14-9-7-13(8-10-14)11-19-18(20)16-12-22-17-6-4-2-3-5-15(16)17/h7-10,12H,2-6,11H2,1H3,(H,19,20). The maximum absolute atomic E-state index is 12.5. The van der Waals surface area contributed by atoms with Crippen molar-refractivity contribution in [2.24, 2.45) is 0 Å². The Labute approximate surface area is 135 Å². The minimum absolute atomic E-state index is 0.0511. The lowest BCUT2D eigenvalue weighted by Crippen LogP contribution is -2.23. The Morgan fingerprint density at radius 1 is 1.18 bits per heavy atom. The molecule has 116 valence electrons. The molecule has 1 aliphatic rings. The summed E-state index contributed by atoms with van der Waals surface area (Å²) >= 11 is 1.74. The van der Waals surface area contributed by atoms with Gasteiger partial charge >= 0.3 is 0 Å². The number of rotatable bonds is 4. The minimum atomic E-state index is 0.0511. The fourth-order valence-corrected chi connectivity index (χ4v) is 4.01. The first kappa shape index (κ1) is 15.1. The van der Waals surface area contributed by atoms with E-state index in [0.717, 1.165) is 29.7 Å². The van der Waals surface area contributed by atoms with E-state index in [0.29, 0.717) is 6.54 Å². The van der Waals surface area contributed by atoms with Crippen molar-refractivity contribution in [3.05, 3.63) is 51.2 Å². The molecule has 0 radical (unpaired) electrons. The maximum Gasteiger partial charge on any atom is 0.252 e. The van der Waals surface area contributed by atoms with Gasteiger partial charge in [-0.05, 0) is 48.9 Å². The number of methoxy groups -OCH3 is 1. The third kappa shape index (κ3) is 3.33. The fraction of sp³-hybridized carbons (Fsp3) is 0.389. The van der Waals surface area contributed by atoms with Gasteiger partial charge in [0.25, 0.3) is 5.91 Å². The molecule has 1 aliphatic carbocycles. The lowest BCUT2D eigenvalue weighted by Gasteiger charge is -2.07. The Morgan fingerprint density at radius 2 is 1.95 bits per heavy atom. The van der Waals surface area contributed by atoms with Crippen LogP contribution in [0.4, 0.5) is 0 Å². The molecule has 0 saturated heterocycles. The van der Waals surface area contributed by atoms with Crippen LogP contribution >= 0.6 is 11.3 Å². The summed E-state index contributed by atoms with van der Waals surface area (Å²) in [5, 5.41) is 5.06. The van der Waals surface area contributed by atoms with Crippen molar-refractivity contribution in [1.82, 2.24) is 5.32 Å². The van der Waals surface area contributed by atoms with Gasteiger partial charge in [0.2, 0.25) is 0 Å². The van der Waals surface area contributed by atoms with E-state index in [2.05, 4.69) is 5.32 Å². The Bertz CT molecular complexity index is 646. The topological polar surface area (TPSA) is 38.3 Å². The highest BCUT2D eigenvalue weighted by molar-refractivity contribution is 7.10. The molecular weight excluding hydrogens is 294 g/mol. The Balaban J connectivity index is 1.65. The number of aryl methyl sites for hydroxylation is 1. The molecule has 1 heterocycles. The number of amides is 1. The number of ether oxygens (including phenoxy) is 1. The van der Waals surface area contributed by atoms with Gasteiger partial charge in [-0.1, -0.05) is 18.6 Å². The molecule has 0 atom stereocenters. The van der Waals surface area contributed by atoms with Gasteiger partial charge in [-0.2, -0.15) is 0 Å². The number of carbonyl (C=O) groups is 1. The summed E-state index contributed by atoms with van der Waals surface area (Å²) < 4.78 is 5.14. The van der Waals surface area contributed by atoms with Crippen molar-refractivity contribution in [2.45, 2.75) is 38.6 Å². The van der Waals surface area contributed by atoms with Gasteiger partial charge < -0.3 is 10.1 Å². The molecule has 4 heteroatoms. The van der Waals surface area contributed by atoms with Crippen molar-refractivity contribution in [3.63, 3.8) is 0 Å². The van der Waals surface area contributed by atoms with Crippen molar-refractivity contribution in [1.29, 1.82) is 0 Å². The molecule has 2 aromatic rings. The predicted molar refractivity (Wildman–Crippen MR) is 89.7 cm³/mol. The zero-order valence-corrected chi connectivity index (χ0v) is 13.7. The molecule has 0 aliphatic heterocycles. The smallest absolute Gasteiger partial charge is 0.252 e. The van der Waals surface area contributed by atoms with Gasteiger partial charge in [0.05, 0.1) is 12.7 Å². The third-order valence-electron chi connectivity index (χ3n) is 4.17. The third-order valence-corrected chi connectivity index (χ3v) is 5.26. The number of hydrogen-bond donors (Lipinski definition) is 1. The number of thiophene rings is 1. The van der Waals surface area contributed by atoms with Gasteiger partial charge in [0.15, 0.2) is 0 Å². The molecule has 0 bridgehead atoms. The fourth-order valence-electron chi connectivity index (χ4n) is 2.88. The summed E-state index contributed by atoms with van der Waals surface area (Å²) in [6.45, 7) is 0.549. The summed E-state index contributed by atoms with van der Waals surface area (Å²) in [5.41, 5.74) is 3.25. The summed E-state index contributed by atoms with van der Waals surface area (Å²) in [7, 11) is 1.65. The summed E-state index contributed by atoms with van der Waals surface area (Å²) in [6.07, 6.45) is 5.90. The monoisotopic (exact) mass is 315 g/mol. The molecule has 0 fully saturated rings. The van der Waals surface area contributed by atoms with Gasteiger partial charge in [-0.25, -0.2) is 0 Å².